The summed E-state index contributed by atoms with van der Waals surface area (Å²) in [6.45, 7) is 4.71. The highest BCUT2D eigenvalue weighted by atomic mass is 35.5. The van der Waals surface area contributed by atoms with Gasteiger partial charge in [0, 0.05) is 10.0 Å². The monoisotopic (exact) mass is 311 g/mol. The van der Waals surface area contributed by atoms with Crippen LogP contribution in [0.15, 0.2) is 36.4 Å². The molecule has 1 unspecified atom stereocenters. The van der Waals surface area contributed by atoms with Gasteiger partial charge in [-0.1, -0.05) is 36.2 Å². The van der Waals surface area contributed by atoms with E-state index in [-0.39, 0.29) is 11.9 Å². The van der Waals surface area contributed by atoms with Crippen LogP contribution >= 0.6 is 23.2 Å². The highest BCUT2D eigenvalue weighted by molar-refractivity contribution is 6.31. The van der Waals surface area contributed by atoms with Gasteiger partial charge in [-0.25, -0.2) is 4.39 Å². The summed E-state index contributed by atoms with van der Waals surface area (Å²) in [5, 5.41) is 4.53. The van der Waals surface area contributed by atoms with Crippen molar-refractivity contribution in [3.8, 4) is 0 Å². The molecule has 0 saturated carbocycles. The zero-order chi connectivity index (χ0) is 14.7. The molecule has 0 spiro atoms. The SMILES string of the molecule is CCNC(c1cc(C)cc(Cl)c1)c1cc(F)ccc1Cl. The minimum Gasteiger partial charge on any atom is -0.306 e. The first-order valence-corrected chi connectivity index (χ1v) is 7.22. The predicted octanol–water partition coefficient (Wildman–Crippen LogP) is 5.14. The van der Waals surface area contributed by atoms with Crippen molar-refractivity contribution in [2.75, 3.05) is 6.54 Å². The lowest BCUT2D eigenvalue weighted by Gasteiger charge is -2.21. The molecule has 0 saturated heterocycles. The molecular weight excluding hydrogens is 296 g/mol. The summed E-state index contributed by atoms with van der Waals surface area (Å²) in [6.07, 6.45) is 0. The van der Waals surface area contributed by atoms with Crippen molar-refractivity contribution in [1.82, 2.24) is 5.32 Å². The van der Waals surface area contributed by atoms with Crippen molar-refractivity contribution in [2.45, 2.75) is 19.9 Å². The Hall–Kier alpha value is -1.09. The second kappa shape index (κ2) is 6.57. The smallest absolute Gasteiger partial charge is 0.123 e. The Morgan fingerprint density at radius 1 is 1.15 bits per heavy atom. The van der Waals surface area contributed by atoms with Crippen LogP contribution < -0.4 is 5.32 Å². The van der Waals surface area contributed by atoms with Crippen LogP contribution in [0.5, 0.6) is 0 Å². The van der Waals surface area contributed by atoms with Gasteiger partial charge in [0.05, 0.1) is 6.04 Å². The quantitative estimate of drug-likeness (QED) is 0.824. The van der Waals surface area contributed by atoms with Crippen LogP contribution in [0, 0.1) is 12.7 Å². The molecule has 4 heteroatoms. The van der Waals surface area contributed by atoms with E-state index in [0.717, 1.165) is 23.2 Å². The third-order valence-electron chi connectivity index (χ3n) is 3.08. The standard InChI is InChI=1S/C16H16Cl2FN/c1-3-20-16(11-6-10(2)7-12(17)8-11)14-9-13(19)4-5-15(14)18/h4-9,16,20H,3H2,1-2H3. The molecule has 20 heavy (non-hydrogen) atoms. The maximum Gasteiger partial charge on any atom is 0.123 e. The minimum atomic E-state index is -0.300. The number of nitrogens with one attached hydrogen (secondary N) is 1. The Labute approximate surface area is 128 Å². The van der Waals surface area contributed by atoms with Crippen LogP contribution in [0.4, 0.5) is 4.39 Å². The highest BCUT2D eigenvalue weighted by Gasteiger charge is 2.17. The van der Waals surface area contributed by atoms with E-state index in [1.165, 1.54) is 12.1 Å². The summed E-state index contributed by atoms with van der Waals surface area (Å²) in [5.41, 5.74) is 2.75. The molecule has 2 rings (SSSR count). The Kier molecular flexibility index (Phi) is 5.03. The Balaban J connectivity index is 2.52. The molecule has 106 valence electrons. The first-order chi connectivity index (χ1) is 9.51. The van der Waals surface area contributed by atoms with Crippen LogP contribution in [0.3, 0.4) is 0 Å². The molecule has 1 atom stereocenters. The van der Waals surface area contributed by atoms with Gasteiger partial charge in [-0.3, -0.25) is 0 Å². The second-order valence-electron chi connectivity index (χ2n) is 4.72. The van der Waals surface area contributed by atoms with Crippen LogP contribution in [0.25, 0.3) is 0 Å². The van der Waals surface area contributed by atoms with E-state index in [1.54, 1.807) is 6.07 Å². The summed E-state index contributed by atoms with van der Waals surface area (Å²) in [4.78, 5) is 0. The Morgan fingerprint density at radius 3 is 2.55 bits per heavy atom. The molecule has 1 nitrogen and oxygen atoms in total. The molecular formula is C16H16Cl2FN. The second-order valence-corrected chi connectivity index (χ2v) is 5.56. The van der Waals surface area contributed by atoms with Gasteiger partial charge in [0.1, 0.15) is 5.82 Å². The molecule has 0 amide bonds. The van der Waals surface area contributed by atoms with E-state index < -0.39 is 0 Å². The van der Waals surface area contributed by atoms with Crippen molar-refractivity contribution in [2.24, 2.45) is 0 Å². The summed E-state index contributed by atoms with van der Waals surface area (Å²) in [6, 6.07) is 10.0. The fraction of sp³-hybridized carbons (Fsp3) is 0.250. The van der Waals surface area contributed by atoms with E-state index in [2.05, 4.69) is 5.32 Å². The van der Waals surface area contributed by atoms with E-state index in [9.17, 15) is 4.39 Å². The number of hydrogen-bond donors (Lipinski definition) is 1. The fourth-order valence-corrected chi connectivity index (χ4v) is 2.80. The lowest BCUT2D eigenvalue weighted by Crippen LogP contribution is -2.22. The number of benzene rings is 2. The van der Waals surface area contributed by atoms with Gasteiger partial charge in [-0.15, -0.1) is 0 Å². The normalized spacial score (nSPS) is 12.4. The van der Waals surface area contributed by atoms with Gasteiger partial charge in [0.15, 0.2) is 0 Å². The van der Waals surface area contributed by atoms with E-state index in [0.29, 0.717) is 10.0 Å². The lowest BCUT2D eigenvalue weighted by atomic mass is 9.97. The summed E-state index contributed by atoms with van der Waals surface area (Å²) < 4.78 is 13.5. The first kappa shape index (κ1) is 15.3. The zero-order valence-electron chi connectivity index (χ0n) is 11.4. The van der Waals surface area contributed by atoms with Gasteiger partial charge >= 0.3 is 0 Å². The molecule has 2 aromatic rings. The van der Waals surface area contributed by atoms with Gasteiger partial charge in [0.2, 0.25) is 0 Å². The third-order valence-corrected chi connectivity index (χ3v) is 3.64. The van der Waals surface area contributed by atoms with Crippen molar-refractivity contribution in [1.29, 1.82) is 0 Å². The van der Waals surface area contributed by atoms with Crippen molar-refractivity contribution < 1.29 is 4.39 Å². The molecule has 0 aliphatic rings. The van der Waals surface area contributed by atoms with Gasteiger partial charge in [-0.2, -0.15) is 0 Å². The third kappa shape index (κ3) is 3.51. The lowest BCUT2D eigenvalue weighted by molar-refractivity contribution is 0.603. The molecule has 0 aliphatic heterocycles. The maximum absolute atomic E-state index is 13.5. The fourth-order valence-electron chi connectivity index (χ4n) is 2.28. The number of rotatable bonds is 4. The number of aryl methyl sites for hydroxylation is 1. The predicted molar refractivity (Wildman–Crippen MR) is 83.1 cm³/mol. The van der Waals surface area contributed by atoms with E-state index >= 15 is 0 Å². The van der Waals surface area contributed by atoms with Crippen molar-refractivity contribution in [3.05, 3.63) is 69.0 Å². The molecule has 0 bridgehead atoms. The Morgan fingerprint density at radius 2 is 1.90 bits per heavy atom. The molecule has 0 heterocycles. The van der Waals surface area contributed by atoms with Crippen LogP contribution in [0.2, 0.25) is 10.0 Å². The Bertz CT molecular complexity index is 593. The van der Waals surface area contributed by atoms with Crippen molar-refractivity contribution >= 4 is 23.2 Å². The topological polar surface area (TPSA) is 12.0 Å². The maximum atomic E-state index is 13.5. The van der Waals surface area contributed by atoms with Crippen LogP contribution in [0.1, 0.15) is 29.7 Å². The summed E-state index contributed by atoms with van der Waals surface area (Å²) in [7, 11) is 0. The van der Waals surface area contributed by atoms with Crippen molar-refractivity contribution in [3.63, 3.8) is 0 Å². The van der Waals surface area contributed by atoms with Crippen LogP contribution in [-0.2, 0) is 0 Å². The number of halogens is 3. The largest absolute Gasteiger partial charge is 0.306 e. The number of hydrogen-bond acceptors (Lipinski definition) is 1. The molecule has 2 aromatic carbocycles. The summed E-state index contributed by atoms with van der Waals surface area (Å²) in [5.74, 6) is -0.300. The minimum absolute atomic E-state index is 0.180. The summed E-state index contributed by atoms with van der Waals surface area (Å²) >= 11 is 12.3. The molecule has 0 aliphatic carbocycles. The van der Waals surface area contributed by atoms with Crippen LogP contribution in [-0.4, -0.2) is 6.54 Å². The zero-order valence-corrected chi connectivity index (χ0v) is 12.9. The van der Waals surface area contributed by atoms with Gasteiger partial charge in [0.25, 0.3) is 0 Å². The highest BCUT2D eigenvalue weighted by Crippen LogP contribution is 2.31. The first-order valence-electron chi connectivity index (χ1n) is 6.46. The molecule has 1 N–H and O–H groups in total. The molecule has 0 fully saturated rings. The van der Waals surface area contributed by atoms with Gasteiger partial charge in [-0.05, 0) is 60.5 Å². The molecule has 0 radical (unpaired) electrons. The van der Waals surface area contributed by atoms with E-state index in [4.69, 9.17) is 23.2 Å². The van der Waals surface area contributed by atoms with E-state index in [1.807, 2.05) is 32.0 Å². The molecule has 0 aromatic heterocycles. The van der Waals surface area contributed by atoms with Gasteiger partial charge < -0.3 is 5.32 Å². The average Bonchev–Trinajstić information content (AvgIpc) is 2.38. The average molecular weight is 312 g/mol.